The average Bonchev–Trinajstić information content (AvgIpc) is 2.75. The maximum absolute atomic E-state index is 12.6. The largest absolute Gasteiger partial charge is 0.535 e. The maximum atomic E-state index is 12.6. The Labute approximate surface area is 175 Å². The van der Waals surface area contributed by atoms with E-state index < -0.39 is 13.1 Å². The lowest BCUT2D eigenvalue weighted by atomic mass is 9.64. The van der Waals surface area contributed by atoms with Gasteiger partial charge in [0.2, 0.25) is 0 Å². The first-order valence-electron chi connectivity index (χ1n) is 10.4. The molecule has 0 radical (unpaired) electrons. The molecule has 2 aliphatic rings. The molecule has 0 bridgehead atoms. The quantitative estimate of drug-likeness (QED) is 0.708. The normalized spacial score (nSPS) is 19.8. The van der Waals surface area contributed by atoms with Gasteiger partial charge in [0.05, 0.1) is 12.1 Å². The number of nitrogens with zero attached hydrogens (tertiary/aromatic N) is 2. The van der Waals surface area contributed by atoms with Crippen LogP contribution in [0.4, 0.5) is 0 Å². The highest BCUT2D eigenvalue weighted by atomic mass is 16.5. The summed E-state index contributed by atoms with van der Waals surface area (Å²) in [4.78, 5) is 30.6. The van der Waals surface area contributed by atoms with Crippen LogP contribution in [0.5, 0.6) is 5.75 Å². The molecule has 1 fully saturated rings. The SMILES string of the molecule is O=C(C[C@H]1Cc2cccc(C(=O)O)c2OB1O)CN1CCC(c2ccccn2)CC1. The molecular formula is C22H25BN2O5. The molecule has 1 aromatic heterocycles. The number of hydrogen-bond donors (Lipinski definition) is 2. The Morgan fingerprint density at radius 2 is 1.97 bits per heavy atom. The van der Waals surface area contributed by atoms with Gasteiger partial charge in [0.1, 0.15) is 11.5 Å². The topological polar surface area (TPSA) is 100.0 Å². The van der Waals surface area contributed by atoms with E-state index in [1.54, 1.807) is 12.1 Å². The second-order valence-electron chi connectivity index (χ2n) is 8.12. The number of benzene rings is 1. The smallest absolute Gasteiger partial charge is 0.526 e. The van der Waals surface area contributed by atoms with E-state index in [2.05, 4.69) is 16.0 Å². The molecule has 1 atom stereocenters. The number of rotatable bonds is 6. The molecule has 1 saturated heterocycles. The zero-order valence-electron chi connectivity index (χ0n) is 16.7. The molecule has 0 saturated carbocycles. The summed E-state index contributed by atoms with van der Waals surface area (Å²) in [5, 5.41) is 19.6. The number of pyridine rings is 1. The average molecular weight is 408 g/mol. The first-order valence-corrected chi connectivity index (χ1v) is 10.4. The van der Waals surface area contributed by atoms with Crippen molar-refractivity contribution in [2.45, 2.75) is 37.4 Å². The molecule has 156 valence electrons. The fourth-order valence-corrected chi connectivity index (χ4v) is 4.44. The number of piperidine rings is 1. The van der Waals surface area contributed by atoms with Gasteiger partial charge in [-0.25, -0.2) is 4.79 Å². The number of Topliss-reactive ketones (excluding diaryl/α,β-unsaturated/α-hetero) is 1. The van der Waals surface area contributed by atoms with Gasteiger partial charge in [-0.05, 0) is 56.1 Å². The summed E-state index contributed by atoms with van der Waals surface area (Å²) in [7, 11) is -1.18. The summed E-state index contributed by atoms with van der Waals surface area (Å²) in [5.74, 6) is -0.761. The summed E-state index contributed by atoms with van der Waals surface area (Å²) in [6, 6.07) is 10.9. The van der Waals surface area contributed by atoms with Crippen molar-refractivity contribution in [1.82, 2.24) is 9.88 Å². The van der Waals surface area contributed by atoms with Gasteiger partial charge in [-0.1, -0.05) is 18.2 Å². The number of carbonyl (C=O) groups excluding carboxylic acids is 1. The van der Waals surface area contributed by atoms with Crippen LogP contribution < -0.4 is 4.65 Å². The summed E-state index contributed by atoms with van der Waals surface area (Å²) >= 11 is 0. The van der Waals surface area contributed by atoms with Gasteiger partial charge in [0.15, 0.2) is 0 Å². The Hall–Kier alpha value is -2.71. The van der Waals surface area contributed by atoms with Crippen LogP contribution in [0, 0.1) is 0 Å². The Balaban J connectivity index is 1.31. The monoisotopic (exact) mass is 408 g/mol. The molecule has 0 spiro atoms. The zero-order chi connectivity index (χ0) is 21.1. The van der Waals surface area contributed by atoms with Crippen molar-refractivity contribution in [3.63, 3.8) is 0 Å². The van der Waals surface area contributed by atoms with E-state index in [0.29, 0.717) is 24.4 Å². The molecule has 30 heavy (non-hydrogen) atoms. The van der Waals surface area contributed by atoms with E-state index in [1.807, 2.05) is 18.3 Å². The zero-order valence-corrected chi connectivity index (χ0v) is 16.7. The first-order chi connectivity index (χ1) is 14.5. The lowest BCUT2D eigenvalue weighted by molar-refractivity contribution is -0.120. The van der Waals surface area contributed by atoms with Gasteiger partial charge in [0.25, 0.3) is 0 Å². The molecule has 4 rings (SSSR count). The Morgan fingerprint density at radius 1 is 1.17 bits per heavy atom. The molecule has 2 aliphatic heterocycles. The molecule has 0 aliphatic carbocycles. The number of ketones is 1. The highest BCUT2D eigenvalue weighted by Gasteiger charge is 2.38. The third-order valence-electron chi connectivity index (χ3n) is 6.03. The second-order valence-corrected chi connectivity index (χ2v) is 8.12. The molecule has 8 heteroatoms. The minimum absolute atomic E-state index is 0.0344. The minimum Gasteiger partial charge on any atom is -0.535 e. The Morgan fingerprint density at radius 3 is 2.67 bits per heavy atom. The van der Waals surface area contributed by atoms with E-state index >= 15 is 0 Å². The van der Waals surface area contributed by atoms with Gasteiger partial charge in [0, 0.05) is 30.0 Å². The van der Waals surface area contributed by atoms with Crippen LogP contribution in [-0.4, -0.2) is 58.5 Å². The summed E-state index contributed by atoms with van der Waals surface area (Å²) in [5.41, 5.74) is 1.87. The van der Waals surface area contributed by atoms with Gasteiger partial charge in [-0.2, -0.15) is 0 Å². The van der Waals surface area contributed by atoms with E-state index in [9.17, 15) is 19.7 Å². The van der Waals surface area contributed by atoms with Crippen LogP contribution >= 0.6 is 0 Å². The summed E-state index contributed by atoms with van der Waals surface area (Å²) in [6.07, 6.45) is 4.40. The van der Waals surface area contributed by atoms with Crippen molar-refractivity contribution in [2.24, 2.45) is 0 Å². The van der Waals surface area contributed by atoms with Gasteiger partial charge in [-0.3, -0.25) is 14.7 Å². The Kier molecular flexibility index (Phi) is 6.15. The first kappa shape index (κ1) is 20.6. The van der Waals surface area contributed by atoms with Crippen LogP contribution in [0.25, 0.3) is 0 Å². The highest BCUT2D eigenvalue weighted by Crippen LogP contribution is 2.36. The van der Waals surface area contributed by atoms with Crippen LogP contribution in [0.2, 0.25) is 5.82 Å². The van der Waals surface area contributed by atoms with Crippen LogP contribution in [0.3, 0.4) is 0 Å². The number of carboxylic acid groups (broad SMARTS) is 1. The molecule has 1 aromatic carbocycles. The summed E-state index contributed by atoms with van der Waals surface area (Å²) < 4.78 is 5.49. The van der Waals surface area contributed by atoms with Crippen molar-refractivity contribution in [2.75, 3.05) is 19.6 Å². The molecule has 3 heterocycles. The molecule has 0 amide bonds. The van der Waals surface area contributed by atoms with Gasteiger partial charge in [-0.15, -0.1) is 0 Å². The lowest BCUT2D eigenvalue weighted by Crippen LogP contribution is -2.40. The van der Waals surface area contributed by atoms with Gasteiger partial charge < -0.3 is 14.8 Å². The Bertz CT molecular complexity index is 915. The molecule has 2 N–H and O–H groups in total. The fourth-order valence-electron chi connectivity index (χ4n) is 4.44. The number of carboxylic acids is 1. The number of aromatic carboxylic acids is 1. The number of aromatic nitrogens is 1. The van der Waals surface area contributed by atoms with E-state index in [4.69, 9.17) is 4.65 Å². The standard InChI is InChI=1S/C22H25BN2O5/c26-18(14-25-10-7-15(8-11-25)20-6-1-2-9-24-20)13-17-12-16-4-3-5-19(22(27)28)21(16)30-23(17)29/h1-6,9,15,17,29H,7-8,10-14H2,(H,27,28)/t17-/m1/s1. The third kappa shape index (κ3) is 4.55. The van der Waals surface area contributed by atoms with E-state index in [0.717, 1.165) is 31.6 Å². The van der Waals surface area contributed by atoms with Crippen LogP contribution in [0.15, 0.2) is 42.6 Å². The number of hydrogen-bond acceptors (Lipinski definition) is 6. The third-order valence-corrected chi connectivity index (χ3v) is 6.03. The second kappa shape index (κ2) is 8.98. The predicted octanol–water partition coefficient (Wildman–Crippen LogP) is 2.40. The molecule has 0 unspecified atom stereocenters. The van der Waals surface area contributed by atoms with Crippen molar-refractivity contribution >= 4 is 18.9 Å². The number of carbonyl (C=O) groups is 2. The van der Waals surface area contributed by atoms with E-state index in [-0.39, 0.29) is 29.3 Å². The highest BCUT2D eigenvalue weighted by molar-refractivity contribution is 6.47. The number of likely N-dealkylation sites (tertiary alicyclic amines) is 1. The lowest BCUT2D eigenvalue weighted by Gasteiger charge is -2.32. The number of fused-ring (bicyclic) bond motifs is 1. The fraction of sp³-hybridized carbons (Fsp3) is 0.409. The van der Waals surface area contributed by atoms with Crippen molar-refractivity contribution in [3.8, 4) is 5.75 Å². The van der Waals surface area contributed by atoms with Crippen molar-refractivity contribution < 1.29 is 24.4 Å². The predicted molar refractivity (Wildman–Crippen MR) is 112 cm³/mol. The summed E-state index contributed by atoms with van der Waals surface area (Å²) in [6.45, 7) is 2.06. The molecule has 2 aromatic rings. The van der Waals surface area contributed by atoms with E-state index in [1.165, 1.54) is 6.07 Å². The van der Waals surface area contributed by atoms with Crippen molar-refractivity contribution in [1.29, 1.82) is 0 Å². The number of para-hydroxylation sites is 1. The molecule has 7 nitrogen and oxygen atoms in total. The van der Waals surface area contributed by atoms with Crippen LogP contribution in [-0.2, 0) is 11.2 Å². The van der Waals surface area contributed by atoms with Gasteiger partial charge >= 0.3 is 13.1 Å². The maximum Gasteiger partial charge on any atom is 0.526 e. The van der Waals surface area contributed by atoms with Crippen molar-refractivity contribution in [3.05, 3.63) is 59.4 Å². The van der Waals surface area contributed by atoms with Crippen LogP contribution in [0.1, 0.15) is 46.8 Å². The molecular weight excluding hydrogens is 383 g/mol. The minimum atomic E-state index is -1.18.